The summed E-state index contributed by atoms with van der Waals surface area (Å²) in [6.45, 7) is 4.84. The fourth-order valence-corrected chi connectivity index (χ4v) is 2.19. The maximum Gasteiger partial charge on any atom is 0.251 e. The average molecular weight is 283 g/mol. The molecule has 1 aromatic carbocycles. The smallest absolute Gasteiger partial charge is 0.251 e. The van der Waals surface area contributed by atoms with Crippen molar-refractivity contribution in [1.82, 2.24) is 5.32 Å². The lowest BCUT2D eigenvalue weighted by Gasteiger charge is -2.23. The van der Waals surface area contributed by atoms with Gasteiger partial charge in [-0.2, -0.15) is 0 Å². The molecule has 0 fully saturated rings. The van der Waals surface area contributed by atoms with E-state index in [9.17, 15) is 4.79 Å². The van der Waals surface area contributed by atoms with Gasteiger partial charge in [0.25, 0.3) is 5.91 Å². The molecular formula is C15H23ClN2O. The van der Waals surface area contributed by atoms with Crippen molar-refractivity contribution in [3.8, 4) is 0 Å². The molecule has 0 saturated carbocycles. The van der Waals surface area contributed by atoms with Gasteiger partial charge in [0.15, 0.2) is 0 Å². The van der Waals surface area contributed by atoms with E-state index in [0.717, 1.165) is 12.1 Å². The van der Waals surface area contributed by atoms with Crippen molar-refractivity contribution < 1.29 is 4.79 Å². The van der Waals surface area contributed by atoms with Gasteiger partial charge in [0.2, 0.25) is 0 Å². The quantitative estimate of drug-likeness (QED) is 0.813. The monoisotopic (exact) mass is 282 g/mol. The molecule has 106 valence electrons. The van der Waals surface area contributed by atoms with Crippen LogP contribution in [0.1, 0.15) is 30.6 Å². The summed E-state index contributed by atoms with van der Waals surface area (Å²) in [7, 11) is 3.95. The van der Waals surface area contributed by atoms with Crippen LogP contribution in [0.3, 0.4) is 0 Å². The second kappa shape index (κ2) is 6.80. The Hall–Kier alpha value is -1.22. The highest BCUT2D eigenvalue weighted by Gasteiger charge is 2.18. The fraction of sp³-hybridized carbons (Fsp3) is 0.533. The Morgan fingerprint density at radius 3 is 2.32 bits per heavy atom. The van der Waals surface area contributed by atoms with Crippen LogP contribution in [-0.2, 0) is 0 Å². The first kappa shape index (κ1) is 15.8. The van der Waals surface area contributed by atoms with Crippen LogP contribution in [-0.4, -0.2) is 32.4 Å². The first-order chi connectivity index (χ1) is 8.85. The summed E-state index contributed by atoms with van der Waals surface area (Å²) in [5, 5.41) is 2.96. The standard InChI is InChI=1S/C15H23ClN2O/c1-15(2,9-10-16)11-17-14(19)12-5-7-13(8-6-12)18(3)4/h5-8H,9-11H2,1-4H3,(H,17,19). The number of hydrogen-bond donors (Lipinski definition) is 1. The van der Waals surface area contributed by atoms with E-state index in [1.165, 1.54) is 0 Å². The summed E-state index contributed by atoms with van der Waals surface area (Å²) in [4.78, 5) is 14.0. The summed E-state index contributed by atoms with van der Waals surface area (Å²) in [6, 6.07) is 7.58. The molecule has 3 nitrogen and oxygen atoms in total. The molecule has 0 radical (unpaired) electrons. The first-order valence-corrected chi connectivity index (χ1v) is 7.01. The molecule has 0 bridgehead atoms. The van der Waals surface area contributed by atoms with E-state index < -0.39 is 0 Å². The topological polar surface area (TPSA) is 32.3 Å². The van der Waals surface area contributed by atoms with E-state index in [0.29, 0.717) is 18.0 Å². The van der Waals surface area contributed by atoms with E-state index in [1.807, 2.05) is 43.3 Å². The van der Waals surface area contributed by atoms with Gasteiger partial charge in [-0.15, -0.1) is 11.6 Å². The highest BCUT2D eigenvalue weighted by atomic mass is 35.5. The lowest BCUT2D eigenvalue weighted by atomic mass is 9.90. The molecule has 0 spiro atoms. The number of hydrogen-bond acceptors (Lipinski definition) is 2. The van der Waals surface area contributed by atoms with Gasteiger partial charge in [0.1, 0.15) is 0 Å². The average Bonchev–Trinajstić information content (AvgIpc) is 2.36. The third kappa shape index (κ3) is 5.11. The van der Waals surface area contributed by atoms with E-state index in [-0.39, 0.29) is 11.3 Å². The normalized spacial score (nSPS) is 11.2. The van der Waals surface area contributed by atoms with E-state index >= 15 is 0 Å². The number of nitrogens with one attached hydrogen (secondary N) is 1. The summed E-state index contributed by atoms with van der Waals surface area (Å²) in [5.41, 5.74) is 1.80. The van der Waals surface area contributed by atoms with E-state index in [2.05, 4.69) is 19.2 Å². The molecule has 4 heteroatoms. The van der Waals surface area contributed by atoms with Gasteiger partial charge in [-0.25, -0.2) is 0 Å². The van der Waals surface area contributed by atoms with Crippen LogP contribution in [0.5, 0.6) is 0 Å². The molecular weight excluding hydrogens is 260 g/mol. The number of amides is 1. The van der Waals surface area contributed by atoms with Gasteiger partial charge >= 0.3 is 0 Å². The van der Waals surface area contributed by atoms with Crippen molar-refractivity contribution in [2.75, 3.05) is 31.4 Å². The molecule has 1 rings (SSSR count). The van der Waals surface area contributed by atoms with Crippen LogP contribution in [0.2, 0.25) is 0 Å². The summed E-state index contributed by atoms with van der Waals surface area (Å²) in [5.74, 6) is 0.577. The minimum absolute atomic E-state index is 0.0288. The van der Waals surface area contributed by atoms with Gasteiger partial charge < -0.3 is 10.2 Å². The minimum atomic E-state index is -0.0343. The Morgan fingerprint density at radius 2 is 1.84 bits per heavy atom. The van der Waals surface area contributed by atoms with Crippen LogP contribution >= 0.6 is 11.6 Å². The molecule has 0 unspecified atom stereocenters. The highest BCUT2D eigenvalue weighted by Crippen LogP contribution is 2.19. The zero-order chi connectivity index (χ0) is 14.5. The molecule has 1 N–H and O–H groups in total. The zero-order valence-corrected chi connectivity index (χ0v) is 12.9. The fourth-order valence-electron chi connectivity index (χ4n) is 1.68. The van der Waals surface area contributed by atoms with Crippen LogP contribution < -0.4 is 10.2 Å². The molecule has 1 aromatic rings. The number of rotatable bonds is 6. The molecule has 0 aliphatic rings. The van der Waals surface area contributed by atoms with Crippen molar-refractivity contribution in [2.24, 2.45) is 5.41 Å². The maximum atomic E-state index is 12.0. The third-order valence-corrected chi connectivity index (χ3v) is 3.33. The largest absolute Gasteiger partial charge is 0.378 e. The Bertz CT molecular complexity index is 413. The maximum absolute atomic E-state index is 12.0. The van der Waals surface area contributed by atoms with E-state index in [4.69, 9.17) is 11.6 Å². The number of carbonyl (C=O) groups excluding carboxylic acids is 1. The van der Waals surface area contributed by atoms with Crippen molar-refractivity contribution in [2.45, 2.75) is 20.3 Å². The number of anilines is 1. The Labute approximate surface area is 120 Å². The highest BCUT2D eigenvalue weighted by molar-refractivity contribution is 6.17. The summed E-state index contributed by atoms with van der Waals surface area (Å²) < 4.78 is 0. The van der Waals surface area contributed by atoms with Crippen LogP contribution in [0.4, 0.5) is 5.69 Å². The van der Waals surface area contributed by atoms with Crippen LogP contribution in [0.25, 0.3) is 0 Å². The predicted octanol–water partition coefficient (Wildman–Crippen LogP) is 3.14. The van der Waals surface area contributed by atoms with Gasteiger partial charge in [-0.1, -0.05) is 13.8 Å². The van der Waals surface area contributed by atoms with Crippen LogP contribution in [0, 0.1) is 5.41 Å². The van der Waals surface area contributed by atoms with Crippen molar-refractivity contribution >= 4 is 23.2 Å². The Balaban J connectivity index is 2.59. The van der Waals surface area contributed by atoms with Crippen molar-refractivity contribution in [1.29, 1.82) is 0 Å². The number of alkyl halides is 1. The minimum Gasteiger partial charge on any atom is -0.378 e. The zero-order valence-electron chi connectivity index (χ0n) is 12.2. The summed E-state index contributed by atoms with van der Waals surface area (Å²) >= 11 is 5.75. The number of carbonyl (C=O) groups is 1. The molecule has 19 heavy (non-hydrogen) atoms. The molecule has 0 aliphatic heterocycles. The SMILES string of the molecule is CN(C)c1ccc(C(=O)NCC(C)(C)CCCl)cc1. The van der Waals surface area contributed by atoms with Gasteiger partial charge in [0, 0.05) is 37.8 Å². The van der Waals surface area contributed by atoms with Gasteiger partial charge in [-0.3, -0.25) is 4.79 Å². The molecule has 1 amide bonds. The first-order valence-electron chi connectivity index (χ1n) is 6.47. The Morgan fingerprint density at radius 1 is 1.26 bits per heavy atom. The lowest BCUT2D eigenvalue weighted by molar-refractivity contribution is 0.0936. The predicted molar refractivity (Wildman–Crippen MR) is 82.2 cm³/mol. The second-order valence-corrected chi connectivity index (χ2v) is 6.11. The lowest BCUT2D eigenvalue weighted by Crippen LogP contribution is -2.34. The number of nitrogens with zero attached hydrogens (tertiary/aromatic N) is 1. The van der Waals surface area contributed by atoms with Crippen molar-refractivity contribution in [3.63, 3.8) is 0 Å². The van der Waals surface area contributed by atoms with E-state index in [1.54, 1.807) is 0 Å². The molecule has 0 aliphatic carbocycles. The molecule has 0 atom stereocenters. The third-order valence-electron chi connectivity index (χ3n) is 3.14. The Kier molecular flexibility index (Phi) is 5.67. The second-order valence-electron chi connectivity index (χ2n) is 5.73. The molecule has 0 aromatic heterocycles. The van der Waals surface area contributed by atoms with Gasteiger partial charge in [-0.05, 0) is 36.1 Å². The number of benzene rings is 1. The van der Waals surface area contributed by atoms with Gasteiger partial charge in [0.05, 0.1) is 0 Å². The van der Waals surface area contributed by atoms with Crippen LogP contribution in [0.15, 0.2) is 24.3 Å². The summed E-state index contributed by atoms with van der Waals surface area (Å²) in [6.07, 6.45) is 0.883. The van der Waals surface area contributed by atoms with Crippen molar-refractivity contribution in [3.05, 3.63) is 29.8 Å². The molecule has 0 heterocycles. The number of halogens is 1. The molecule has 0 saturated heterocycles.